The summed E-state index contributed by atoms with van der Waals surface area (Å²) in [6.07, 6.45) is 4.26. The van der Waals surface area contributed by atoms with E-state index >= 15 is 0 Å². The largest absolute Gasteiger partial charge is 0.508 e. The Morgan fingerprint density at radius 2 is 2.00 bits per heavy atom. The molecular formula is C11H14N2O. The predicted octanol–water partition coefficient (Wildman–Crippen LogP) is 1.35. The maximum Gasteiger partial charge on any atom is 0.120 e. The third-order valence-corrected chi connectivity index (χ3v) is 2.39. The second-order valence-electron chi connectivity index (χ2n) is 3.55. The van der Waals surface area contributed by atoms with Crippen LogP contribution in [0.1, 0.15) is 5.56 Å². The van der Waals surface area contributed by atoms with Crippen LogP contribution in [0, 0.1) is 0 Å². The number of rotatable bonds is 2. The topological polar surface area (TPSA) is 49.5 Å². The minimum Gasteiger partial charge on any atom is -0.508 e. The second-order valence-corrected chi connectivity index (χ2v) is 3.55. The molecule has 0 bridgehead atoms. The summed E-state index contributed by atoms with van der Waals surface area (Å²) >= 11 is 0. The number of phenolic OH excluding ortho intramolecular Hbond substituents is 1. The van der Waals surface area contributed by atoms with Gasteiger partial charge in [-0.3, -0.25) is 4.90 Å². The van der Waals surface area contributed by atoms with E-state index in [1.54, 1.807) is 12.1 Å². The van der Waals surface area contributed by atoms with Crippen LogP contribution in [0.2, 0.25) is 0 Å². The smallest absolute Gasteiger partial charge is 0.120 e. The Hall–Kier alpha value is -1.48. The molecule has 1 heterocycles. The van der Waals surface area contributed by atoms with Crippen molar-refractivity contribution in [2.45, 2.75) is 6.54 Å². The first-order valence-electron chi connectivity index (χ1n) is 4.70. The lowest BCUT2D eigenvalue weighted by Gasteiger charge is -2.15. The van der Waals surface area contributed by atoms with Gasteiger partial charge in [0.1, 0.15) is 5.75 Å². The Labute approximate surface area is 83.5 Å². The van der Waals surface area contributed by atoms with Crippen LogP contribution >= 0.6 is 0 Å². The monoisotopic (exact) mass is 190 g/mol. The van der Waals surface area contributed by atoms with Gasteiger partial charge in [-0.1, -0.05) is 12.2 Å². The number of nitrogens with two attached hydrogens (primary N) is 1. The third-order valence-electron chi connectivity index (χ3n) is 2.39. The van der Waals surface area contributed by atoms with Gasteiger partial charge in [0, 0.05) is 30.9 Å². The van der Waals surface area contributed by atoms with Crippen molar-refractivity contribution in [2.75, 3.05) is 18.8 Å². The van der Waals surface area contributed by atoms with Crippen LogP contribution in [0.15, 0.2) is 30.4 Å². The molecule has 1 aliphatic heterocycles. The summed E-state index contributed by atoms with van der Waals surface area (Å²) in [7, 11) is 0. The molecule has 3 heteroatoms. The maximum atomic E-state index is 9.59. The van der Waals surface area contributed by atoms with E-state index in [9.17, 15) is 5.11 Å². The summed E-state index contributed by atoms with van der Waals surface area (Å²) < 4.78 is 0. The minimum absolute atomic E-state index is 0.325. The molecule has 0 aliphatic carbocycles. The Morgan fingerprint density at radius 1 is 1.29 bits per heavy atom. The van der Waals surface area contributed by atoms with Crippen molar-refractivity contribution in [3.63, 3.8) is 0 Å². The third kappa shape index (κ3) is 1.88. The molecule has 0 atom stereocenters. The summed E-state index contributed by atoms with van der Waals surface area (Å²) in [4.78, 5) is 2.23. The van der Waals surface area contributed by atoms with Gasteiger partial charge >= 0.3 is 0 Å². The standard InChI is InChI=1S/C11H14N2O/c12-10-3-4-11(14)9(7-10)8-13-5-1-2-6-13/h1-4,7,14H,5-6,8,12H2. The molecule has 0 fully saturated rings. The fourth-order valence-corrected chi connectivity index (χ4v) is 1.62. The van der Waals surface area contributed by atoms with Crippen molar-refractivity contribution in [2.24, 2.45) is 0 Å². The Kier molecular flexibility index (Phi) is 2.41. The molecule has 74 valence electrons. The first kappa shape index (κ1) is 9.09. The molecule has 2 rings (SSSR count). The number of aromatic hydroxyl groups is 1. The zero-order valence-electron chi connectivity index (χ0n) is 7.98. The van der Waals surface area contributed by atoms with Gasteiger partial charge in [-0.2, -0.15) is 0 Å². The SMILES string of the molecule is Nc1ccc(O)c(CN2CC=CC2)c1. The highest BCUT2D eigenvalue weighted by molar-refractivity contribution is 5.47. The zero-order valence-corrected chi connectivity index (χ0v) is 7.98. The van der Waals surface area contributed by atoms with Crippen molar-refractivity contribution in [1.29, 1.82) is 0 Å². The number of nitrogens with zero attached hydrogens (tertiary/aromatic N) is 1. The van der Waals surface area contributed by atoms with Gasteiger partial charge in [0.25, 0.3) is 0 Å². The highest BCUT2D eigenvalue weighted by atomic mass is 16.3. The lowest BCUT2D eigenvalue weighted by atomic mass is 10.1. The van der Waals surface area contributed by atoms with E-state index < -0.39 is 0 Å². The average Bonchev–Trinajstić information content (AvgIpc) is 2.64. The number of hydrogen-bond acceptors (Lipinski definition) is 3. The lowest BCUT2D eigenvalue weighted by molar-refractivity contribution is 0.337. The van der Waals surface area contributed by atoms with Crippen molar-refractivity contribution < 1.29 is 5.11 Å². The van der Waals surface area contributed by atoms with E-state index in [4.69, 9.17) is 5.73 Å². The number of phenols is 1. The zero-order chi connectivity index (χ0) is 9.97. The fourth-order valence-electron chi connectivity index (χ4n) is 1.62. The normalized spacial score (nSPS) is 16.3. The van der Waals surface area contributed by atoms with Crippen LogP contribution in [0.5, 0.6) is 5.75 Å². The summed E-state index contributed by atoms with van der Waals surface area (Å²) in [5.74, 6) is 0.325. The Morgan fingerprint density at radius 3 is 2.71 bits per heavy atom. The van der Waals surface area contributed by atoms with Gasteiger partial charge < -0.3 is 10.8 Å². The molecule has 0 spiro atoms. The minimum atomic E-state index is 0.325. The highest BCUT2D eigenvalue weighted by Gasteiger charge is 2.09. The van der Waals surface area contributed by atoms with Gasteiger partial charge in [-0.05, 0) is 18.2 Å². The number of anilines is 1. The van der Waals surface area contributed by atoms with Crippen LogP contribution in [0.25, 0.3) is 0 Å². The Balaban J connectivity index is 2.11. The molecule has 0 unspecified atom stereocenters. The lowest BCUT2D eigenvalue weighted by Crippen LogP contribution is -2.19. The van der Waals surface area contributed by atoms with Crippen molar-refractivity contribution >= 4 is 5.69 Å². The molecule has 14 heavy (non-hydrogen) atoms. The maximum absolute atomic E-state index is 9.59. The highest BCUT2D eigenvalue weighted by Crippen LogP contribution is 2.21. The van der Waals surface area contributed by atoms with Gasteiger partial charge in [0.15, 0.2) is 0 Å². The summed E-state index contributed by atoms with van der Waals surface area (Å²) in [5.41, 5.74) is 7.25. The van der Waals surface area contributed by atoms with Crippen molar-refractivity contribution in [3.05, 3.63) is 35.9 Å². The molecule has 1 aromatic rings. The number of nitrogen functional groups attached to an aromatic ring is 1. The fraction of sp³-hybridized carbons (Fsp3) is 0.273. The van der Waals surface area contributed by atoms with Crippen LogP contribution in [0.3, 0.4) is 0 Å². The van der Waals surface area contributed by atoms with E-state index in [-0.39, 0.29) is 0 Å². The Bertz CT molecular complexity index is 352. The van der Waals surface area contributed by atoms with E-state index in [2.05, 4.69) is 17.1 Å². The van der Waals surface area contributed by atoms with Crippen molar-refractivity contribution in [3.8, 4) is 5.75 Å². The van der Waals surface area contributed by atoms with Gasteiger partial charge in [-0.25, -0.2) is 0 Å². The van der Waals surface area contributed by atoms with Crippen LogP contribution in [0.4, 0.5) is 5.69 Å². The summed E-state index contributed by atoms with van der Waals surface area (Å²) in [6.45, 7) is 2.66. The summed E-state index contributed by atoms with van der Waals surface area (Å²) in [5, 5.41) is 9.59. The predicted molar refractivity (Wildman–Crippen MR) is 56.9 cm³/mol. The number of benzene rings is 1. The van der Waals surface area contributed by atoms with Crippen LogP contribution in [-0.2, 0) is 6.54 Å². The van der Waals surface area contributed by atoms with E-state index in [1.807, 2.05) is 6.07 Å². The first-order valence-corrected chi connectivity index (χ1v) is 4.70. The van der Waals surface area contributed by atoms with Crippen LogP contribution < -0.4 is 5.73 Å². The average molecular weight is 190 g/mol. The van der Waals surface area contributed by atoms with E-state index in [1.165, 1.54) is 0 Å². The van der Waals surface area contributed by atoms with Gasteiger partial charge in [0.2, 0.25) is 0 Å². The second kappa shape index (κ2) is 3.72. The molecule has 0 saturated carbocycles. The molecule has 0 saturated heterocycles. The molecular weight excluding hydrogens is 176 g/mol. The van der Waals surface area contributed by atoms with Gasteiger partial charge in [0.05, 0.1) is 0 Å². The van der Waals surface area contributed by atoms with E-state index in [0.29, 0.717) is 11.4 Å². The molecule has 0 amide bonds. The van der Waals surface area contributed by atoms with Crippen molar-refractivity contribution in [1.82, 2.24) is 4.90 Å². The molecule has 1 aromatic carbocycles. The van der Waals surface area contributed by atoms with Gasteiger partial charge in [-0.15, -0.1) is 0 Å². The quantitative estimate of drug-likeness (QED) is 0.420. The molecule has 0 aromatic heterocycles. The molecule has 3 nitrogen and oxygen atoms in total. The number of hydrogen-bond donors (Lipinski definition) is 2. The molecule has 0 radical (unpaired) electrons. The molecule has 1 aliphatic rings. The van der Waals surface area contributed by atoms with E-state index in [0.717, 1.165) is 25.2 Å². The first-order chi connectivity index (χ1) is 6.75. The van der Waals surface area contributed by atoms with Crippen LogP contribution in [-0.4, -0.2) is 23.1 Å². The summed E-state index contributed by atoms with van der Waals surface area (Å²) in [6, 6.07) is 5.18. The molecule has 3 N–H and O–H groups in total.